The van der Waals surface area contributed by atoms with Gasteiger partial charge in [0.2, 0.25) is 5.91 Å². The fourth-order valence-electron chi connectivity index (χ4n) is 3.34. The van der Waals surface area contributed by atoms with Crippen molar-refractivity contribution in [1.29, 1.82) is 0 Å². The van der Waals surface area contributed by atoms with Gasteiger partial charge in [-0.2, -0.15) is 0 Å². The average molecular weight is 282 g/mol. The third-order valence-electron chi connectivity index (χ3n) is 4.94. The van der Waals surface area contributed by atoms with Crippen LogP contribution in [0.25, 0.3) is 0 Å². The van der Waals surface area contributed by atoms with Gasteiger partial charge in [0.05, 0.1) is 12.0 Å². The molecule has 1 aliphatic carbocycles. The summed E-state index contributed by atoms with van der Waals surface area (Å²) in [6.45, 7) is 5.27. The fourth-order valence-corrected chi connectivity index (χ4v) is 3.34. The molecule has 1 aliphatic heterocycles. The lowest BCUT2D eigenvalue weighted by atomic mass is 9.86. The van der Waals surface area contributed by atoms with Gasteiger partial charge in [-0.05, 0) is 38.6 Å². The quantitative estimate of drug-likeness (QED) is 0.819. The Balaban J connectivity index is 1.84. The largest absolute Gasteiger partial charge is 0.481 e. The van der Waals surface area contributed by atoms with E-state index in [0.717, 1.165) is 6.42 Å². The minimum absolute atomic E-state index is 0.0507. The fraction of sp³-hybridized carbons (Fsp3) is 0.867. The van der Waals surface area contributed by atoms with E-state index in [2.05, 4.69) is 12.2 Å². The third-order valence-corrected chi connectivity index (χ3v) is 4.94. The average Bonchev–Trinajstić information content (AvgIpc) is 2.90. The van der Waals surface area contributed by atoms with Crippen molar-refractivity contribution < 1.29 is 14.7 Å². The number of carboxylic acids is 1. The zero-order valence-electron chi connectivity index (χ0n) is 12.5. The Kier molecular flexibility index (Phi) is 5.02. The first-order valence-electron chi connectivity index (χ1n) is 7.76. The number of carbonyl (C=O) groups excluding carboxylic acids is 1. The third kappa shape index (κ3) is 3.51. The Morgan fingerprint density at radius 3 is 2.55 bits per heavy atom. The number of rotatable bonds is 4. The second kappa shape index (κ2) is 6.57. The van der Waals surface area contributed by atoms with Crippen molar-refractivity contribution in [2.75, 3.05) is 13.1 Å². The first-order chi connectivity index (χ1) is 9.49. The molecule has 0 radical (unpaired) electrons. The number of likely N-dealkylation sites (tertiary alicyclic amines) is 1. The van der Waals surface area contributed by atoms with Crippen LogP contribution in [0.2, 0.25) is 0 Å². The van der Waals surface area contributed by atoms with Gasteiger partial charge < -0.3 is 10.4 Å². The molecule has 5 nitrogen and oxygen atoms in total. The van der Waals surface area contributed by atoms with Crippen molar-refractivity contribution in [1.82, 2.24) is 10.2 Å². The number of hydrogen-bond acceptors (Lipinski definition) is 3. The van der Waals surface area contributed by atoms with Crippen LogP contribution in [0.15, 0.2) is 0 Å². The van der Waals surface area contributed by atoms with Crippen LogP contribution < -0.4 is 5.32 Å². The second-order valence-corrected chi connectivity index (χ2v) is 6.37. The Hall–Kier alpha value is -1.10. The van der Waals surface area contributed by atoms with Crippen LogP contribution in [-0.2, 0) is 9.59 Å². The second-order valence-electron chi connectivity index (χ2n) is 6.37. The van der Waals surface area contributed by atoms with E-state index >= 15 is 0 Å². The van der Waals surface area contributed by atoms with E-state index in [4.69, 9.17) is 5.11 Å². The zero-order chi connectivity index (χ0) is 14.7. The van der Waals surface area contributed by atoms with Gasteiger partial charge in [-0.25, -0.2) is 0 Å². The number of nitrogens with one attached hydrogen (secondary N) is 1. The van der Waals surface area contributed by atoms with Crippen LogP contribution in [0.5, 0.6) is 0 Å². The Morgan fingerprint density at radius 1 is 1.25 bits per heavy atom. The molecule has 2 rings (SSSR count). The highest BCUT2D eigenvalue weighted by atomic mass is 16.4. The number of carboxylic acid groups (broad SMARTS) is 1. The minimum Gasteiger partial charge on any atom is -0.481 e. The maximum absolute atomic E-state index is 12.3. The number of hydrogen-bond donors (Lipinski definition) is 2. The van der Waals surface area contributed by atoms with E-state index in [0.29, 0.717) is 25.4 Å². The van der Waals surface area contributed by atoms with E-state index in [-0.39, 0.29) is 23.9 Å². The van der Waals surface area contributed by atoms with E-state index < -0.39 is 5.97 Å². The maximum Gasteiger partial charge on any atom is 0.307 e. The van der Waals surface area contributed by atoms with Crippen molar-refractivity contribution in [3.63, 3.8) is 0 Å². The molecule has 0 aromatic heterocycles. The molecule has 0 spiro atoms. The number of carbonyl (C=O) groups is 2. The SMILES string of the molecule is CC1CCCCC1NC(=O)C(C)N1CCC(C(=O)O)C1. The van der Waals surface area contributed by atoms with Crippen molar-refractivity contribution >= 4 is 11.9 Å². The molecule has 2 aliphatic rings. The molecule has 4 atom stereocenters. The van der Waals surface area contributed by atoms with E-state index in [1.807, 2.05) is 11.8 Å². The van der Waals surface area contributed by atoms with Crippen molar-refractivity contribution in [3.05, 3.63) is 0 Å². The van der Waals surface area contributed by atoms with Crippen LogP contribution in [-0.4, -0.2) is 47.1 Å². The van der Waals surface area contributed by atoms with Crippen molar-refractivity contribution in [2.24, 2.45) is 11.8 Å². The number of amides is 1. The van der Waals surface area contributed by atoms with Gasteiger partial charge in [-0.15, -0.1) is 0 Å². The molecular weight excluding hydrogens is 256 g/mol. The zero-order valence-corrected chi connectivity index (χ0v) is 12.5. The first-order valence-corrected chi connectivity index (χ1v) is 7.76. The molecule has 1 saturated heterocycles. The Labute approximate surface area is 120 Å². The normalized spacial score (nSPS) is 32.8. The standard InChI is InChI=1S/C15H26N2O3/c1-10-5-3-4-6-13(10)16-14(18)11(2)17-8-7-12(9-17)15(19)20/h10-13H,3-9H2,1-2H3,(H,16,18)(H,19,20). The van der Waals surface area contributed by atoms with Crippen LogP contribution >= 0.6 is 0 Å². The van der Waals surface area contributed by atoms with Gasteiger partial charge in [0.1, 0.15) is 0 Å². The molecule has 1 heterocycles. The molecule has 1 saturated carbocycles. The van der Waals surface area contributed by atoms with Crippen LogP contribution in [0, 0.1) is 11.8 Å². The summed E-state index contributed by atoms with van der Waals surface area (Å²) in [6.07, 6.45) is 5.35. The monoisotopic (exact) mass is 282 g/mol. The van der Waals surface area contributed by atoms with E-state index in [1.165, 1.54) is 19.3 Å². The first kappa shape index (κ1) is 15.3. The van der Waals surface area contributed by atoms with Crippen LogP contribution in [0.3, 0.4) is 0 Å². The predicted molar refractivity (Wildman–Crippen MR) is 76.3 cm³/mol. The number of aliphatic carboxylic acids is 1. The molecular formula is C15H26N2O3. The molecule has 114 valence electrons. The van der Waals surface area contributed by atoms with E-state index in [1.54, 1.807) is 0 Å². The van der Waals surface area contributed by atoms with Gasteiger partial charge in [0.25, 0.3) is 0 Å². The van der Waals surface area contributed by atoms with Gasteiger partial charge in [-0.1, -0.05) is 19.8 Å². The summed E-state index contributed by atoms with van der Waals surface area (Å²) in [5.41, 5.74) is 0. The minimum atomic E-state index is -0.749. The summed E-state index contributed by atoms with van der Waals surface area (Å²) in [6, 6.07) is 0.0602. The van der Waals surface area contributed by atoms with E-state index in [9.17, 15) is 9.59 Å². The summed E-state index contributed by atoms with van der Waals surface area (Å²) < 4.78 is 0. The van der Waals surface area contributed by atoms with Crippen molar-refractivity contribution in [3.8, 4) is 0 Å². The summed E-state index contributed by atoms with van der Waals surface area (Å²) in [5.74, 6) is -0.472. The molecule has 0 aromatic carbocycles. The topological polar surface area (TPSA) is 69.6 Å². The van der Waals surface area contributed by atoms with Crippen LogP contribution in [0.1, 0.15) is 46.0 Å². The lowest BCUT2D eigenvalue weighted by molar-refractivity contribution is -0.141. The Bertz CT molecular complexity index is 372. The molecule has 1 amide bonds. The highest BCUT2D eigenvalue weighted by Gasteiger charge is 2.34. The van der Waals surface area contributed by atoms with Gasteiger partial charge in [0.15, 0.2) is 0 Å². The molecule has 0 aromatic rings. The lowest BCUT2D eigenvalue weighted by Gasteiger charge is -2.32. The maximum atomic E-state index is 12.3. The summed E-state index contributed by atoms with van der Waals surface area (Å²) >= 11 is 0. The van der Waals surface area contributed by atoms with Gasteiger partial charge >= 0.3 is 5.97 Å². The van der Waals surface area contributed by atoms with Gasteiger partial charge in [0, 0.05) is 12.6 Å². The Morgan fingerprint density at radius 2 is 1.95 bits per heavy atom. The molecule has 2 N–H and O–H groups in total. The number of nitrogens with zero attached hydrogens (tertiary/aromatic N) is 1. The lowest BCUT2D eigenvalue weighted by Crippen LogP contribution is -2.50. The summed E-state index contributed by atoms with van der Waals surface area (Å²) in [7, 11) is 0. The molecule has 5 heteroatoms. The summed E-state index contributed by atoms with van der Waals surface area (Å²) in [5, 5.41) is 12.2. The smallest absolute Gasteiger partial charge is 0.307 e. The molecule has 2 fully saturated rings. The predicted octanol–water partition coefficient (Wildman–Crippen LogP) is 1.48. The summed E-state index contributed by atoms with van der Waals surface area (Å²) in [4.78, 5) is 25.3. The highest BCUT2D eigenvalue weighted by Crippen LogP contribution is 2.24. The molecule has 20 heavy (non-hydrogen) atoms. The molecule has 4 unspecified atom stereocenters. The molecule has 0 bridgehead atoms. The van der Waals surface area contributed by atoms with Gasteiger partial charge in [-0.3, -0.25) is 14.5 Å². The van der Waals surface area contributed by atoms with Crippen molar-refractivity contribution in [2.45, 2.75) is 58.0 Å². The highest BCUT2D eigenvalue weighted by molar-refractivity contribution is 5.82. The van der Waals surface area contributed by atoms with Crippen LogP contribution in [0.4, 0.5) is 0 Å².